The molecule has 1 N–H and O–H groups in total. The van der Waals surface area contributed by atoms with Crippen LogP contribution in [0.25, 0.3) is 0 Å². The van der Waals surface area contributed by atoms with E-state index < -0.39 is 50.9 Å². The number of nitrogens with one attached hydrogen (secondary N) is 1. The average molecular weight is 601 g/mol. The number of non-ortho nitro benzene ring substituents is 1. The van der Waals surface area contributed by atoms with Gasteiger partial charge in [-0.25, -0.2) is 12.8 Å². The lowest BCUT2D eigenvalue weighted by molar-refractivity contribution is -0.384. The zero-order valence-corrected chi connectivity index (χ0v) is 24.3. The van der Waals surface area contributed by atoms with Crippen molar-refractivity contribution in [3.05, 3.63) is 99.9 Å². The minimum Gasteiger partial charge on any atom is -0.495 e. The van der Waals surface area contributed by atoms with Crippen LogP contribution >= 0.6 is 0 Å². The molecule has 3 aromatic rings. The molecular formula is C29H33FN4O7S. The normalized spacial score (nSPS) is 11.8. The van der Waals surface area contributed by atoms with Crippen LogP contribution < -0.4 is 14.4 Å². The summed E-state index contributed by atoms with van der Waals surface area (Å²) in [5.74, 6) is -1.70. The molecule has 3 aromatic carbocycles. The Bertz CT molecular complexity index is 1500. The molecule has 0 aliphatic heterocycles. The van der Waals surface area contributed by atoms with Gasteiger partial charge in [-0.1, -0.05) is 49.4 Å². The Balaban J connectivity index is 2.11. The molecule has 0 fully saturated rings. The molecule has 0 bridgehead atoms. The smallest absolute Gasteiger partial charge is 0.271 e. The summed E-state index contributed by atoms with van der Waals surface area (Å²) in [5.41, 5.74) is 0.645. The number of hydrogen-bond donors (Lipinski definition) is 1. The number of rotatable bonds is 14. The first-order valence-electron chi connectivity index (χ1n) is 13.1. The second-order valence-electron chi connectivity index (χ2n) is 9.53. The van der Waals surface area contributed by atoms with E-state index in [9.17, 15) is 32.5 Å². The SMILES string of the molecule is CCCNC(=O)[C@@H](Cc1ccccc1)N(Cc1ccc(F)cc1)C(=O)CN(c1cc([N+](=O)[O-])ccc1OC)S(C)(=O)=O. The number of benzene rings is 3. The Kier molecular flexibility index (Phi) is 11.0. The van der Waals surface area contributed by atoms with Gasteiger partial charge in [-0.2, -0.15) is 0 Å². The van der Waals surface area contributed by atoms with E-state index in [0.717, 1.165) is 24.0 Å². The maximum Gasteiger partial charge on any atom is 0.271 e. The second kappa shape index (κ2) is 14.4. The lowest BCUT2D eigenvalue weighted by Crippen LogP contribution is -2.53. The fourth-order valence-corrected chi connectivity index (χ4v) is 5.13. The second-order valence-corrected chi connectivity index (χ2v) is 11.4. The lowest BCUT2D eigenvalue weighted by atomic mass is 10.0. The average Bonchev–Trinajstić information content (AvgIpc) is 2.96. The summed E-state index contributed by atoms with van der Waals surface area (Å²) >= 11 is 0. The van der Waals surface area contributed by atoms with Crippen LogP contribution in [0.5, 0.6) is 5.75 Å². The summed E-state index contributed by atoms with van der Waals surface area (Å²) in [7, 11) is -2.92. The van der Waals surface area contributed by atoms with Crippen molar-refractivity contribution in [2.75, 3.05) is 30.8 Å². The Labute approximate surface area is 244 Å². The van der Waals surface area contributed by atoms with Gasteiger partial charge in [0, 0.05) is 31.6 Å². The van der Waals surface area contributed by atoms with Gasteiger partial charge in [0.2, 0.25) is 21.8 Å². The Hall–Kier alpha value is -4.52. The molecule has 0 saturated heterocycles. The van der Waals surface area contributed by atoms with Gasteiger partial charge in [-0.05, 0) is 35.7 Å². The van der Waals surface area contributed by atoms with Crippen LogP contribution in [0.15, 0.2) is 72.8 Å². The molecule has 0 radical (unpaired) electrons. The highest BCUT2D eigenvalue weighted by Crippen LogP contribution is 2.34. The van der Waals surface area contributed by atoms with Crippen molar-refractivity contribution in [2.24, 2.45) is 0 Å². The van der Waals surface area contributed by atoms with Crippen LogP contribution in [-0.2, 0) is 32.6 Å². The van der Waals surface area contributed by atoms with Crippen molar-refractivity contribution < 1.29 is 32.1 Å². The predicted octanol–water partition coefficient (Wildman–Crippen LogP) is 3.67. The molecule has 42 heavy (non-hydrogen) atoms. The fraction of sp³-hybridized carbons (Fsp3) is 0.310. The lowest BCUT2D eigenvalue weighted by Gasteiger charge is -2.33. The highest BCUT2D eigenvalue weighted by atomic mass is 32.2. The van der Waals surface area contributed by atoms with E-state index in [1.807, 2.05) is 13.0 Å². The standard InChI is InChI=1S/C29H33FN4O7S/c1-4-16-31-29(36)26(17-21-8-6-5-7-9-21)32(19-22-10-12-23(30)13-11-22)28(35)20-33(42(3,39)40)25-18-24(34(37)38)14-15-27(25)41-2/h5-15,18,26H,4,16-17,19-20H2,1-3H3,(H,31,36)/t26-/m1/s1. The zero-order chi connectivity index (χ0) is 30.9. The molecule has 224 valence electrons. The van der Waals surface area contributed by atoms with Crippen LogP contribution in [-0.4, -0.2) is 62.6 Å². The number of ether oxygens (including phenoxy) is 1. The Morgan fingerprint density at radius 1 is 1.05 bits per heavy atom. The summed E-state index contributed by atoms with van der Waals surface area (Å²) in [6.45, 7) is 1.30. The van der Waals surface area contributed by atoms with Gasteiger partial charge in [-0.3, -0.25) is 24.0 Å². The molecule has 3 rings (SSSR count). The van der Waals surface area contributed by atoms with Crippen molar-refractivity contribution in [1.29, 1.82) is 0 Å². The highest BCUT2D eigenvalue weighted by molar-refractivity contribution is 7.92. The molecule has 0 heterocycles. The van der Waals surface area contributed by atoms with Crippen LogP contribution in [0.1, 0.15) is 24.5 Å². The van der Waals surface area contributed by atoms with E-state index in [0.29, 0.717) is 22.8 Å². The molecule has 0 unspecified atom stereocenters. The first-order valence-corrected chi connectivity index (χ1v) is 14.9. The number of nitro groups is 1. The number of carbonyl (C=O) groups excluding carboxylic acids is 2. The van der Waals surface area contributed by atoms with E-state index in [4.69, 9.17) is 4.74 Å². The van der Waals surface area contributed by atoms with Gasteiger partial charge in [0.05, 0.1) is 18.3 Å². The zero-order valence-electron chi connectivity index (χ0n) is 23.5. The summed E-state index contributed by atoms with van der Waals surface area (Å²) in [5, 5.41) is 14.3. The molecular weight excluding hydrogens is 567 g/mol. The van der Waals surface area contributed by atoms with Crippen LogP contribution in [0.2, 0.25) is 0 Å². The molecule has 0 saturated carbocycles. The minimum absolute atomic E-state index is 0.00886. The third-order valence-corrected chi connectivity index (χ3v) is 7.53. The van der Waals surface area contributed by atoms with Crippen molar-refractivity contribution >= 4 is 33.2 Å². The number of halogens is 1. The first-order chi connectivity index (χ1) is 19.9. The van der Waals surface area contributed by atoms with E-state index in [2.05, 4.69) is 5.32 Å². The van der Waals surface area contributed by atoms with Crippen LogP contribution in [0.4, 0.5) is 15.8 Å². The van der Waals surface area contributed by atoms with E-state index in [1.54, 1.807) is 24.3 Å². The van der Waals surface area contributed by atoms with Gasteiger partial charge < -0.3 is 15.0 Å². The van der Waals surface area contributed by atoms with E-state index in [1.165, 1.54) is 42.3 Å². The van der Waals surface area contributed by atoms with Crippen LogP contribution in [0.3, 0.4) is 0 Å². The van der Waals surface area contributed by atoms with E-state index >= 15 is 0 Å². The third kappa shape index (κ3) is 8.49. The van der Waals surface area contributed by atoms with Crippen molar-refractivity contribution in [1.82, 2.24) is 10.2 Å². The van der Waals surface area contributed by atoms with Gasteiger partial charge in [-0.15, -0.1) is 0 Å². The van der Waals surface area contributed by atoms with Crippen molar-refractivity contribution in [2.45, 2.75) is 32.4 Å². The molecule has 13 heteroatoms. The van der Waals surface area contributed by atoms with E-state index in [-0.39, 0.29) is 24.4 Å². The first kappa shape index (κ1) is 32.0. The molecule has 2 amide bonds. The largest absolute Gasteiger partial charge is 0.495 e. The van der Waals surface area contributed by atoms with Gasteiger partial charge in [0.1, 0.15) is 29.8 Å². The van der Waals surface area contributed by atoms with Crippen molar-refractivity contribution in [3.8, 4) is 5.75 Å². The minimum atomic E-state index is -4.19. The number of sulfonamides is 1. The monoisotopic (exact) mass is 600 g/mol. The number of amides is 2. The number of methoxy groups -OCH3 is 1. The van der Waals surface area contributed by atoms with Crippen LogP contribution in [0, 0.1) is 15.9 Å². The Morgan fingerprint density at radius 3 is 2.29 bits per heavy atom. The van der Waals surface area contributed by atoms with Gasteiger partial charge >= 0.3 is 0 Å². The summed E-state index contributed by atoms with van der Waals surface area (Å²) in [6.07, 6.45) is 1.62. The quantitative estimate of drug-likeness (QED) is 0.220. The number of nitrogens with zero attached hydrogens (tertiary/aromatic N) is 3. The number of anilines is 1. The fourth-order valence-electron chi connectivity index (χ4n) is 4.29. The maximum absolute atomic E-state index is 14.1. The highest BCUT2D eigenvalue weighted by Gasteiger charge is 2.34. The number of carbonyl (C=O) groups is 2. The summed E-state index contributed by atoms with van der Waals surface area (Å²) in [4.78, 5) is 39.5. The molecule has 0 aliphatic carbocycles. The number of nitro benzene ring substituents is 1. The third-order valence-electron chi connectivity index (χ3n) is 6.41. The van der Waals surface area contributed by atoms with Gasteiger partial charge in [0.25, 0.3) is 5.69 Å². The maximum atomic E-state index is 14.1. The molecule has 0 aliphatic rings. The summed E-state index contributed by atoms with van der Waals surface area (Å²) < 4.78 is 45.6. The van der Waals surface area contributed by atoms with Crippen molar-refractivity contribution in [3.63, 3.8) is 0 Å². The topological polar surface area (TPSA) is 139 Å². The number of hydrogen-bond acceptors (Lipinski definition) is 7. The van der Waals surface area contributed by atoms with Gasteiger partial charge in [0.15, 0.2) is 0 Å². The predicted molar refractivity (Wildman–Crippen MR) is 156 cm³/mol. The summed E-state index contributed by atoms with van der Waals surface area (Å²) in [6, 6.07) is 16.7. The molecule has 1 atom stereocenters. The molecule has 11 nitrogen and oxygen atoms in total. The molecule has 0 aromatic heterocycles. The Morgan fingerprint density at radius 2 is 1.71 bits per heavy atom. The molecule has 0 spiro atoms.